The quantitative estimate of drug-likeness (QED) is 0.799. The molecule has 0 aromatic heterocycles. The molecule has 0 aromatic carbocycles. The number of sulfonamides is 1. The standard InChI is InChI=1S/C12H22N2O2S3/c1-18-12(11(13)17)6-8-14(9-7-12)19(15,16)10-4-2-3-5-10/h10H,2-9H2,1H3,(H2,13,17). The second-order valence-electron chi connectivity index (χ2n) is 5.41. The zero-order valence-electron chi connectivity index (χ0n) is 11.3. The molecule has 0 spiro atoms. The molecule has 2 rings (SSSR count). The zero-order chi connectivity index (χ0) is 14.1. The monoisotopic (exact) mass is 322 g/mol. The Kier molecular flexibility index (Phi) is 4.80. The van der Waals surface area contributed by atoms with Crippen LogP contribution in [0.1, 0.15) is 38.5 Å². The number of hydrogen-bond donors (Lipinski definition) is 1. The summed E-state index contributed by atoms with van der Waals surface area (Å²) in [4.78, 5) is 0.512. The molecule has 1 aliphatic carbocycles. The van der Waals surface area contributed by atoms with Gasteiger partial charge in [-0.05, 0) is 31.9 Å². The predicted molar refractivity (Wildman–Crippen MR) is 85.0 cm³/mol. The first kappa shape index (κ1) is 15.5. The molecule has 0 unspecified atom stereocenters. The van der Waals surface area contributed by atoms with Crippen molar-refractivity contribution in [2.75, 3.05) is 19.3 Å². The van der Waals surface area contributed by atoms with Crippen molar-refractivity contribution in [3.63, 3.8) is 0 Å². The van der Waals surface area contributed by atoms with E-state index >= 15 is 0 Å². The van der Waals surface area contributed by atoms with Crippen LogP contribution in [0.5, 0.6) is 0 Å². The first-order valence-corrected chi connectivity index (χ1v) is 9.90. The lowest BCUT2D eigenvalue weighted by Crippen LogP contribution is -2.52. The Labute approximate surface area is 125 Å². The van der Waals surface area contributed by atoms with Crippen molar-refractivity contribution < 1.29 is 8.42 Å². The summed E-state index contributed by atoms with van der Waals surface area (Å²) >= 11 is 6.81. The van der Waals surface area contributed by atoms with Gasteiger partial charge in [-0.15, -0.1) is 0 Å². The van der Waals surface area contributed by atoms with Gasteiger partial charge in [-0.25, -0.2) is 12.7 Å². The van der Waals surface area contributed by atoms with Crippen molar-refractivity contribution in [3.8, 4) is 0 Å². The van der Waals surface area contributed by atoms with Gasteiger partial charge in [0.15, 0.2) is 0 Å². The van der Waals surface area contributed by atoms with Gasteiger partial charge in [0, 0.05) is 13.1 Å². The number of nitrogens with two attached hydrogens (primary N) is 1. The predicted octanol–water partition coefficient (Wildman–Crippen LogP) is 1.74. The van der Waals surface area contributed by atoms with Crippen molar-refractivity contribution in [2.45, 2.75) is 48.5 Å². The van der Waals surface area contributed by atoms with E-state index in [1.54, 1.807) is 16.1 Å². The third-order valence-electron chi connectivity index (χ3n) is 4.45. The maximum Gasteiger partial charge on any atom is 0.216 e. The number of nitrogens with zero attached hydrogens (tertiary/aromatic N) is 1. The fourth-order valence-electron chi connectivity index (χ4n) is 3.05. The van der Waals surface area contributed by atoms with Crippen LogP contribution >= 0.6 is 24.0 Å². The molecule has 1 aliphatic heterocycles. The number of rotatable bonds is 4. The maximum absolute atomic E-state index is 12.5. The summed E-state index contributed by atoms with van der Waals surface area (Å²) in [7, 11) is -3.11. The van der Waals surface area contributed by atoms with Crippen LogP contribution in [-0.4, -0.2) is 47.1 Å². The van der Waals surface area contributed by atoms with E-state index in [1.165, 1.54) is 0 Å². The topological polar surface area (TPSA) is 63.4 Å². The first-order valence-electron chi connectivity index (χ1n) is 6.76. The van der Waals surface area contributed by atoms with E-state index in [0.717, 1.165) is 38.5 Å². The van der Waals surface area contributed by atoms with Crippen LogP contribution in [0.2, 0.25) is 0 Å². The van der Waals surface area contributed by atoms with Crippen LogP contribution in [0.15, 0.2) is 0 Å². The van der Waals surface area contributed by atoms with E-state index in [4.69, 9.17) is 18.0 Å². The summed E-state index contributed by atoms with van der Waals surface area (Å²) in [5.74, 6) is 0. The van der Waals surface area contributed by atoms with Crippen molar-refractivity contribution >= 4 is 39.0 Å². The van der Waals surface area contributed by atoms with Crippen LogP contribution in [-0.2, 0) is 10.0 Å². The summed E-state index contributed by atoms with van der Waals surface area (Å²) in [6.45, 7) is 1.11. The van der Waals surface area contributed by atoms with Gasteiger partial charge in [0.1, 0.15) is 0 Å². The normalized spacial score (nSPS) is 25.5. The fourth-order valence-corrected chi connectivity index (χ4v) is 6.34. The number of thiocarbonyl (C=S) groups is 1. The largest absolute Gasteiger partial charge is 0.392 e. The molecule has 0 amide bonds. The van der Waals surface area contributed by atoms with Crippen LogP contribution in [0.25, 0.3) is 0 Å². The van der Waals surface area contributed by atoms with Gasteiger partial charge in [0.2, 0.25) is 10.0 Å². The minimum atomic E-state index is -3.11. The minimum Gasteiger partial charge on any atom is -0.392 e. The lowest BCUT2D eigenvalue weighted by molar-refractivity contribution is 0.329. The van der Waals surface area contributed by atoms with Gasteiger partial charge >= 0.3 is 0 Å². The Balaban J connectivity index is 2.05. The number of piperidine rings is 1. The molecule has 2 fully saturated rings. The molecule has 0 bridgehead atoms. The van der Waals surface area contributed by atoms with E-state index in [1.807, 2.05) is 6.26 Å². The summed E-state index contributed by atoms with van der Waals surface area (Å²) in [6.07, 6.45) is 7.19. The zero-order valence-corrected chi connectivity index (χ0v) is 13.7. The smallest absolute Gasteiger partial charge is 0.216 e. The van der Waals surface area contributed by atoms with Crippen molar-refractivity contribution in [3.05, 3.63) is 0 Å². The lowest BCUT2D eigenvalue weighted by Gasteiger charge is -2.40. The Morgan fingerprint density at radius 3 is 2.26 bits per heavy atom. The molecule has 0 radical (unpaired) electrons. The molecule has 2 N–H and O–H groups in total. The summed E-state index contributed by atoms with van der Waals surface area (Å²) in [5.41, 5.74) is 5.83. The average molecular weight is 323 g/mol. The van der Waals surface area contributed by atoms with Crippen LogP contribution in [0.3, 0.4) is 0 Å². The Bertz CT molecular complexity index is 436. The second kappa shape index (κ2) is 5.87. The molecule has 2 aliphatic rings. The highest BCUT2D eigenvalue weighted by atomic mass is 32.2. The molecule has 4 nitrogen and oxygen atoms in total. The van der Waals surface area contributed by atoms with Crippen molar-refractivity contribution in [1.82, 2.24) is 4.31 Å². The summed E-state index contributed by atoms with van der Waals surface area (Å²) in [6, 6.07) is 0. The summed E-state index contributed by atoms with van der Waals surface area (Å²) in [5, 5.41) is -0.154. The highest BCUT2D eigenvalue weighted by Crippen LogP contribution is 2.37. The first-order chi connectivity index (χ1) is 8.92. The molecule has 19 heavy (non-hydrogen) atoms. The lowest BCUT2D eigenvalue weighted by atomic mass is 9.97. The molecular weight excluding hydrogens is 300 g/mol. The highest BCUT2D eigenvalue weighted by molar-refractivity contribution is 8.02. The Morgan fingerprint density at radius 2 is 1.84 bits per heavy atom. The van der Waals surface area contributed by atoms with E-state index in [0.29, 0.717) is 18.1 Å². The molecule has 0 atom stereocenters. The fraction of sp³-hybridized carbons (Fsp3) is 0.917. The van der Waals surface area contributed by atoms with Gasteiger partial charge in [-0.1, -0.05) is 25.1 Å². The third-order valence-corrected chi connectivity index (χ3v) is 8.78. The van der Waals surface area contributed by atoms with E-state index in [-0.39, 0.29) is 10.00 Å². The van der Waals surface area contributed by atoms with E-state index in [2.05, 4.69) is 0 Å². The number of thioether (sulfide) groups is 1. The van der Waals surface area contributed by atoms with E-state index < -0.39 is 10.0 Å². The molecule has 110 valence electrons. The third kappa shape index (κ3) is 2.94. The van der Waals surface area contributed by atoms with Gasteiger partial charge in [-0.2, -0.15) is 11.8 Å². The Hall–Kier alpha value is 0.150. The number of hydrogen-bond acceptors (Lipinski definition) is 4. The SMILES string of the molecule is CSC1(C(N)=S)CCN(S(=O)(=O)C2CCCC2)CC1. The molecule has 1 saturated heterocycles. The minimum absolute atomic E-state index is 0.154. The van der Waals surface area contributed by atoms with Gasteiger partial charge in [0.05, 0.1) is 15.0 Å². The molecule has 0 aromatic rings. The molecule has 1 heterocycles. The van der Waals surface area contributed by atoms with E-state index in [9.17, 15) is 8.42 Å². The molecule has 7 heteroatoms. The molecule has 1 saturated carbocycles. The van der Waals surface area contributed by atoms with Gasteiger partial charge < -0.3 is 5.73 Å². The van der Waals surface area contributed by atoms with Crippen molar-refractivity contribution in [1.29, 1.82) is 0 Å². The molecular formula is C12H22N2O2S3. The van der Waals surface area contributed by atoms with Crippen LogP contribution in [0, 0.1) is 0 Å². The summed E-state index contributed by atoms with van der Waals surface area (Å²) < 4.78 is 26.5. The van der Waals surface area contributed by atoms with Crippen molar-refractivity contribution in [2.24, 2.45) is 5.73 Å². The second-order valence-corrected chi connectivity index (χ2v) is 9.26. The van der Waals surface area contributed by atoms with Crippen LogP contribution < -0.4 is 5.73 Å². The Morgan fingerprint density at radius 1 is 1.32 bits per heavy atom. The van der Waals surface area contributed by atoms with Gasteiger partial charge in [-0.3, -0.25) is 0 Å². The van der Waals surface area contributed by atoms with Gasteiger partial charge in [0.25, 0.3) is 0 Å². The average Bonchev–Trinajstić information content (AvgIpc) is 2.93. The van der Waals surface area contributed by atoms with Crippen LogP contribution in [0.4, 0.5) is 0 Å². The highest BCUT2D eigenvalue weighted by Gasteiger charge is 2.42. The maximum atomic E-state index is 12.5.